The van der Waals surface area contributed by atoms with Crippen molar-refractivity contribution >= 4 is 20.5 Å². The van der Waals surface area contributed by atoms with E-state index >= 15 is 0 Å². The molecule has 2 aromatic carbocycles. The highest BCUT2D eigenvalue weighted by atomic mass is 28.4. The lowest BCUT2D eigenvalue weighted by molar-refractivity contribution is 0.0467. The molecule has 0 N–H and O–H groups in total. The lowest BCUT2D eigenvalue weighted by Gasteiger charge is -2.20. The third-order valence-electron chi connectivity index (χ3n) is 3.13. The Hall–Kier alpha value is -2.86. The third-order valence-corrected chi connectivity index (χ3v) is 3.94. The minimum absolute atomic E-state index is 0.0998. The standard InChI is InChI=1S/C20H23NO4Si/c1-23-18-12-10-16(11-13-18)14-21-15-19(25-26(2,3)4)24-20(22)17-8-6-5-7-9-17/h5-15H,1-4H3/b19-15-,21-14?. The summed E-state index contributed by atoms with van der Waals surface area (Å²) in [4.78, 5) is 16.5. The molecule has 0 heterocycles. The molecule has 0 aromatic heterocycles. The maximum atomic E-state index is 12.3. The molecule has 0 fully saturated rings. The van der Waals surface area contributed by atoms with Crippen LogP contribution in [0, 0.1) is 0 Å². The van der Waals surface area contributed by atoms with Crippen molar-refractivity contribution in [2.75, 3.05) is 7.11 Å². The summed E-state index contributed by atoms with van der Waals surface area (Å²) >= 11 is 0. The van der Waals surface area contributed by atoms with Gasteiger partial charge in [-0.15, -0.1) is 0 Å². The van der Waals surface area contributed by atoms with Crippen LogP contribution in [0.4, 0.5) is 0 Å². The Labute approximate surface area is 155 Å². The van der Waals surface area contributed by atoms with Gasteiger partial charge >= 0.3 is 5.97 Å². The normalized spacial score (nSPS) is 12.1. The SMILES string of the molecule is COc1ccc(C=N/C=C(/OC(=O)c2ccccc2)O[Si](C)(C)C)cc1. The van der Waals surface area contributed by atoms with Crippen LogP contribution in [0.5, 0.6) is 5.75 Å². The second-order valence-corrected chi connectivity index (χ2v) is 10.9. The van der Waals surface area contributed by atoms with E-state index < -0.39 is 14.3 Å². The first-order chi connectivity index (χ1) is 12.4. The number of benzene rings is 2. The van der Waals surface area contributed by atoms with Gasteiger partial charge in [0.2, 0.25) is 8.32 Å². The van der Waals surface area contributed by atoms with Crippen molar-refractivity contribution < 1.29 is 18.7 Å². The number of carbonyl (C=O) groups excluding carboxylic acids is 1. The van der Waals surface area contributed by atoms with Crippen molar-refractivity contribution in [1.82, 2.24) is 0 Å². The second kappa shape index (κ2) is 9.01. The van der Waals surface area contributed by atoms with Crippen LogP contribution in [0.25, 0.3) is 0 Å². The van der Waals surface area contributed by atoms with E-state index in [0.29, 0.717) is 5.56 Å². The van der Waals surface area contributed by atoms with Crippen LogP contribution in [-0.2, 0) is 9.16 Å². The highest BCUT2D eigenvalue weighted by Gasteiger charge is 2.21. The molecule has 0 aliphatic rings. The number of nitrogens with zero attached hydrogens (tertiary/aromatic N) is 1. The van der Waals surface area contributed by atoms with E-state index in [-0.39, 0.29) is 5.95 Å². The maximum absolute atomic E-state index is 12.3. The molecule has 5 nitrogen and oxygen atoms in total. The number of esters is 1. The Bertz CT molecular complexity index is 778. The summed E-state index contributed by atoms with van der Waals surface area (Å²) in [5.41, 5.74) is 1.35. The Kier molecular flexibility index (Phi) is 6.74. The maximum Gasteiger partial charge on any atom is 0.345 e. The van der Waals surface area contributed by atoms with Crippen molar-refractivity contribution in [3.8, 4) is 5.75 Å². The number of hydrogen-bond acceptors (Lipinski definition) is 5. The first-order valence-corrected chi connectivity index (χ1v) is 11.6. The Balaban J connectivity index is 2.13. The topological polar surface area (TPSA) is 57.1 Å². The summed E-state index contributed by atoms with van der Waals surface area (Å²) in [6.45, 7) is 6.01. The first-order valence-electron chi connectivity index (χ1n) is 8.21. The van der Waals surface area contributed by atoms with Crippen LogP contribution in [0.1, 0.15) is 15.9 Å². The van der Waals surface area contributed by atoms with Crippen molar-refractivity contribution in [1.29, 1.82) is 0 Å². The molecular formula is C20H23NO4Si. The smallest absolute Gasteiger partial charge is 0.345 e. The van der Waals surface area contributed by atoms with Gasteiger partial charge in [0.1, 0.15) is 11.9 Å². The zero-order valence-corrected chi connectivity index (χ0v) is 16.4. The minimum Gasteiger partial charge on any atom is -0.518 e. The lowest BCUT2D eigenvalue weighted by Crippen LogP contribution is -2.26. The summed E-state index contributed by atoms with van der Waals surface area (Å²) < 4.78 is 16.3. The Morgan fingerprint density at radius 1 is 1.00 bits per heavy atom. The molecule has 6 heteroatoms. The van der Waals surface area contributed by atoms with Gasteiger partial charge in [-0.3, -0.25) is 4.99 Å². The van der Waals surface area contributed by atoms with Crippen molar-refractivity contribution in [2.24, 2.45) is 4.99 Å². The van der Waals surface area contributed by atoms with Gasteiger partial charge in [-0.1, -0.05) is 18.2 Å². The van der Waals surface area contributed by atoms with Gasteiger partial charge in [-0.05, 0) is 61.6 Å². The molecule has 2 aromatic rings. The van der Waals surface area contributed by atoms with E-state index in [1.54, 1.807) is 37.6 Å². The van der Waals surface area contributed by atoms with Gasteiger partial charge in [-0.2, -0.15) is 0 Å². The van der Waals surface area contributed by atoms with E-state index in [1.165, 1.54) is 6.20 Å². The second-order valence-electron chi connectivity index (χ2n) is 6.47. The van der Waals surface area contributed by atoms with E-state index in [0.717, 1.165) is 11.3 Å². The molecular weight excluding hydrogens is 346 g/mol. The lowest BCUT2D eigenvalue weighted by atomic mass is 10.2. The molecule has 0 atom stereocenters. The number of ether oxygens (including phenoxy) is 2. The molecule has 0 amide bonds. The van der Waals surface area contributed by atoms with Crippen LogP contribution < -0.4 is 4.74 Å². The zero-order valence-electron chi connectivity index (χ0n) is 15.4. The summed E-state index contributed by atoms with van der Waals surface area (Å²) in [5, 5.41) is 0. The van der Waals surface area contributed by atoms with E-state index in [9.17, 15) is 4.79 Å². The van der Waals surface area contributed by atoms with Gasteiger partial charge in [0.25, 0.3) is 5.95 Å². The van der Waals surface area contributed by atoms with Gasteiger partial charge < -0.3 is 13.9 Å². The van der Waals surface area contributed by atoms with Crippen LogP contribution in [0.3, 0.4) is 0 Å². The quantitative estimate of drug-likeness (QED) is 0.309. The fourth-order valence-electron chi connectivity index (χ4n) is 1.97. The van der Waals surface area contributed by atoms with E-state index in [2.05, 4.69) is 4.99 Å². The molecule has 26 heavy (non-hydrogen) atoms. The van der Waals surface area contributed by atoms with E-state index in [1.807, 2.05) is 50.0 Å². The highest BCUT2D eigenvalue weighted by molar-refractivity contribution is 6.70. The van der Waals surface area contributed by atoms with Crippen LogP contribution in [0.2, 0.25) is 19.6 Å². The molecule has 0 radical (unpaired) electrons. The number of hydrogen-bond donors (Lipinski definition) is 0. The number of carbonyl (C=O) groups is 1. The molecule has 2 rings (SSSR count). The van der Waals surface area contributed by atoms with Crippen molar-refractivity contribution in [3.63, 3.8) is 0 Å². The van der Waals surface area contributed by atoms with E-state index in [4.69, 9.17) is 13.9 Å². The van der Waals surface area contributed by atoms with Gasteiger partial charge in [0.15, 0.2) is 0 Å². The Morgan fingerprint density at radius 2 is 1.65 bits per heavy atom. The number of rotatable bonds is 7. The predicted molar refractivity (Wildman–Crippen MR) is 105 cm³/mol. The molecule has 0 aliphatic carbocycles. The summed E-state index contributed by atoms with van der Waals surface area (Å²) in [7, 11) is -0.348. The average molecular weight is 369 g/mol. The fraction of sp³-hybridized carbons (Fsp3) is 0.200. The number of methoxy groups -OCH3 is 1. The molecule has 0 saturated carbocycles. The minimum atomic E-state index is -1.97. The largest absolute Gasteiger partial charge is 0.518 e. The van der Waals surface area contributed by atoms with Crippen LogP contribution >= 0.6 is 0 Å². The van der Waals surface area contributed by atoms with Crippen LogP contribution in [0.15, 0.2) is 71.7 Å². The highest BCUT2D eigenvalue weighted by Crippen LogP contribution is 2.15. The zero-order chi connectivity index (χ0) is 19.0. The average Bonchev–Trinajstić information content (AvgIpc) is 2.61. The fourth-order valence-corrected chi connectivity index (χ4v) is 2.67. The van der Waals surface area contributed by atoms with Gasteiger partial charge in [0, 0.05) is 6.21 Å². The molecule has 0 spiro atoms. The molecule has 136 valence electrons. The van der Waals surface area contributed by atoms with Gasteiger partial charge in [-0.25, -0.2) is 4.79 Å². The summed E-state index contributed by atoms with van der Waals surface area (Å²) in [5.74, 6) is 0.398. The summed E-state index contributed by atoms with van der Waals surface area (Å²) in [6, 6.07) is 16.2. The van der Waals surface area contributed by atoms with Crippen LogP contribution in [-0.4, -0.2) is 27.6 Å². The summed E-state index contributed by atoms with van der Waals surface area (Å²) in [6.07, 6.45) is 3.08. The predicted octanol–water partition coefficient (Wildman–Crippen LogP) is 4.62. The molecule has 0 unspecified atom stereocenters. The van der Waals surface area contributed by atoms with Gasteiger partial charge in [0.05, 0.1) is 12.7 Å². The first kappa shape index (κ1) is 19.5. The molecule has 0 saturated heterocycles. The third kappa shape index (κ3) is 6.56. The molecule has 0 bridgehead atoms. The Morgan fingerprint density at radius 3 is 2.23 bits per heavy atom. The van der Waals surface area contributed by atoms with Crippen molar-refractivity contribution in [2.45, 2.75) is 19.6 Å². The number of aliphatic imine (C=N–C) groups is 1. The monoisotopic (exact) mass is 369 g/mol. The molecule has 0 aliphatic heterocycles. The van der Waals surface area contributed by atoms with Crippen molar-refractivity contribution in [3.05, 3.63) is 77.9 Å².